The Hall–Kier alpha value is -2.58. The zero-order valence-corrected chi connectivity index (χ0v) is 17.6. The molecule has 1 aromatic carbocycles. The average molecular weight is 425 g/mol. The summed E-state index contributed by atoms with van der Waals surface area (Å²) in [5.74, 6) is -1.84. The SMILES string of the molecule is O=C1CCC(N2C(=O)c3ccc(CN4CCCC5(CCNCC5)C4)cc3C2=O)C(=O)N1. The summed E-state index contributed by atoms with van der Waals surface area (Å²) in [6.45, 7) is 5.03. The third kappa shape index (κ3) is 3.68. The molecule has 0 bridgehead atoms. The van der Waals surface area contributed by atoms with Crippen molar-refractivity contribution in [1.82, 2.24) is 20.4 Å². The van der Waals surface area contributed by atoms with Crippen molar-refractivity contribution in [2.75, 3.05) is 26.2 Å². The number of fused-ring (bicyclic) bond motifs is 1. The number of carbonyl (C=O) groups excluding carboxylic acids is 4. The first kappa shape index (κ1) is 20.3. The Balaban J connectivity index is 1.32. The summed E-state index contributed by atoms with van der Waals surface area (Å²) in [6, 6.07) is 4.52. The molecule has 3 fully saturated rings. The van der Waals surface area contributed by atoms with E-state index in [2.05, 4.69) is 15.5 Å². The number of benzene rings is 1. The number of piperidine rings is 3. The fourth-order valence-corrected chi connectivity index (χ4v) is 5.69. The van der Waals surface area contributed by atoms with E-state index in [1.54, 1.807) is 6.07 Å². The van der Waals surface area contributed by atoms with E-state index in [0.29, 0.717) is 16.5 Å². The minimum atomic E-state index is -0.921. The summed E-state index contributed by atoms with van der Waals surface area (Å²) in [7, 11) is 0. The number of imide groups is 2. The molecule has 0 saturated carbocycles. The Kier molecular flexibility index (Phi) is 5.14. The van der Waals surface area contributed by atoms with Gasteiger partial charge in [0.15, 0.2) is 0 Å². The molecule has 4 aliphatic rings. The largest absolute Gasteiger partial charge is 0.317 e. The molecule has 0 radical (unpaired) electrons. The molecule has 1 spiro atoms. The number of nitrogens with zero attached hydrogens (tertiary/aromatic N) is 2. The summed E-state index contributed by atoms with van der Waals surface area (Å²) in [4.78, 5) is 53.1. The van der Waals surface area contributed by atoms with Gasteiger partial charge in [0.1, 0.15) is 6.04 Å². The first-order chi connectivity index (χ1) is 15.0. The maximum absolute atomic E-state index is 13.0. The second-order valence-corrected chi connectivity index (χ2v) is 9.39. The molecule has 31 heavy (non-hydrogen) atoms. The molecule has 1 aromatic rings. The van der Waals surface area contributed by atoms with Gasteiger partial charge in [0.25, 0.3) is 11.8 Å². The van der Waals surface area contributed by atoms with Gasteiger partial charge in [0.2, 0.25) is 11.8 Å². The normalized spacial score (nSPS) is 26.3. The molecule has 0 aliphatic carbocycles. The highest BCUT2D eigenvalue weighted by Gasteiger charge is 2.44. The van der Waals surface area contributed by atoms with Crippen LogP contribution >= 0.6 is 0 Å². The standard InChI is InChI=1S/C23H28N4O4/c28-19-5-4-18(20(29)25-19)27-21(30)16-3-2-15(12-17(16)22(27)31)13-26-11-1-6-23(14-26)7-9-24-10-8-23/h2-3,12,18,24H,1,4-11,13-14H2,(H,25,28,29). The van der Waals surface area contributed by atoms with Crippen molar-refractivity contribution in [2.45, 2.75) is 51.1 Å². The van der Waals surface area contributed by atoms with Crippen LogP contribution in [0.3, 0.4) is 0 Å². The number of hydrogen-bond acceptors (Lipinski definition) is 6. The number of nitrogens with one attached hydrogen (secondary N) is 2. The lowest BCUT2D eigenvalue weighted by molar-refractivity contribution is -0.136. The summed E-state index contributed by atoms with van der Waals surface area (Å²) in [5.41, 5.74) is 2.11. The van der Waals surface area contributed by atoms with Gasteiger partial charge >= 0.3 is 0 Å². The third-order valence-electron chi connectivity index (χ3n) is 7.32. The van der Waals surface area contributed by atoms with Crippen LogP contribution in [0.5, 0.6) is 0 Å². The Bertz CT molecular complexity index is 947. The summed E-state index contributed by atoms with van der Waals surface area (Å²) < 4.78 is 0. The summed E-state index contributed by atoms with van der Waals surface area (Å²) in [6.07, 6.45) is 5.19. The van der Waals surface area contributed by atoms with E-state index in [4.69, 9.17) is 0 Å². The highest BCUT2D eigenvalue weighted by Crippen LogP contribution is 2.38. The van der Waals surface area contributed by atoms with Crippen LogP contribution < -0.4 is 10.6 Å². The summed E-state index contributed by atoms with van der Waals surface area (Å²) >= 11 is 0. The van der Waals surface area contributed by atoms with Gasteiger partial charge in [-0.15, -0.1) is 0 Å². The van der Waals surface area contributed by atoms with Crippen LogP contribution in [0.15, 0.2) is 18.2 Å². The van der Waals surface area contributed by atoms with Crippen molar-refractivity contribution in [1.29, 1.82) is 0 Å². The molecular formula is C23H28N4O4. The second-order valence-electron chi connectivity index (χ2n) is 9.39. The van der Waals surface area contributed by atoms with Gasteiger partial charge in [-0.3, -0.25) is 34.3 Å². The quantitative estimate of drug-likeness (QED) is 0.704. The number of carbonyl (C=O) groups is 4. The van der Waals surface area contributed by atoms with Crippen molar-refractivity contribution in [3.8, 4) is 0 Å². The Morgan fingerprint density at radius 1 is 1.00 bits per heavy atom. The van der Waals surface area contributed by atoms with Crippen LogP contribution in [0.25, 0.3) is 0 Å². The van der Waals surface area contributed by atoms with E-state index >= 15 is 0 Å². The lowest BCUT2D eigenvalue weighted by Crippen LogP contribution is -2.54. The highest BCUT2D eigenvalue weighted by atomic mass is 16.2. The first-order valence-corrected chi connectivity index (χ1v) is 11.2. The predicted octanol–water partition coefficient (Wildman–Crippen LogP) is 1.05. The molecular weight excluding hydrogens is 396 g/mol. The molecule has 164 valence electrons. The maximum atomic E-state index is 13.0. The third-order valence-corrected chi connectivity index (χ3v) is 7.32. The monoisotopic (exact) mass is 424 g/mol. The van der Waals surface area contributed by atoms with Crippen molar-refractivity contribution < 1.29 is 19.2 Å². The molecule has 1 unspecified atom stereocenters. The number of amides is 4. The van der Waals surface area contributed by atoms with E-state index in [9.17, 15) is 19.2 Å². The molecule has 4 amide bonds. The van der Waals surface area contributed by atoms with E-state index in [1.807, 2.05) is 12.1 Å². The zero-order valence-electron chi connectivity index (χ0n) is 17.6. The van der Waals surface area contributed by atoms with E-state index in [1.165, 1.54) is 25.7 Å². The van der Waals surface area contributed by atoms with Crippen LogP contribution in [-0.2, 0) is 16.1 Å². The van der Waals surface area contributed by atoms with Crippen LogP contribution in [0, 0.1) is 5.41 Å². The van der Waals surface area contributed by atoms with Crippen molar-refractivity contribution in [2.24, 2.45) is 5.41 Å². The number of likely N-dealkylation sites (tertiary alicyclic amines) is 1. The van der Waals surface area contributed by atoms with Crippen LogP contribution in [0.1, 0.15) is 64.8 Å². The zero-order chi connectivity index (χ0) is 21.6. The maximum Gasteiger partial charge on any atom is 0.262 e. The van der Waals surface area contributed by atoms with Crippen molar-refractivity contribution in [3.63, 3.8) is 0 Å². The first-order valence-electron chi connectivity index (χ1n) is 11.2. The van der Waals surface area contributed by atoms with Gasteiger partial charge in [0, 0.05) is 19.5 Å². The minimum Gasteiger partial charge on any atom is -0.317 e. The molecule has 3 saturated heterocycles. The fraction of sp³-hybridized carbons (Fsp3) is 0.565. The molecule has 0 aromatic heterocycles. The van der Waals surface area contributed by atoms with Crippen molar-refractivity contribution >= 4 is 23.6 Å². The molecule has 4 heterocycles. The topological polar surface area (TPSA) is 98.8 Å². The molecule has 2 N–H and O–H groups in total. The molecule has 1 atom stereocenters. The minimum absolute atomic E-state index is 0.126. The Labute approximate surface area is 181 Å². The van der Waals surface area contributed by atoms with Gasteiger partial charge in [-0.05, 0) is 74.8 Å². The van der Waals surface area contributed by atoms with E-state index in [0.717, 1.165) is 43.2 Å². The predicted molar refractivity (Wildman–Crippen MR) is 112 cm³/mol. The van der Waals surface area contributed by atoms with Gasteiger partial charge < -0.3 is 5.32 Å². The Morgan fingerprint density at radius 3 is 2.55 bits per heavy atom. The summed E-state index contributed by atoms with van der Waals surface area (Å²) in [5, 5.41) is 5.69. The Morgan fingerprint density at radius 2 is 1.77 bits per heavy atom. The van der Waals surface area contributed by atoms with Gasteiger partial charge in [0.05, 0.1) is 11.1 Å². The lowest BCUT2D eigenvalue weighted by atomic mass is 9.73. The second kappa shape index (κ2) is 7.84. The smallest absolute Gasteiger partial charge is 0.262 e. The number of hydrogen-bond donors (Lipinski definition) is 2. The van der Waals surface area contributed by atoms with Gasteiger partial charge in [-0.25, -0.2) is 0 Å². The lowest BCUT2D eigenvalue weighted by Gasteiger charge is -2.45. The highest BCUT2D eigenvalue weighted by molar-refractivity contribution is 6.23. The van der Waals surface area contributed by atoms with Gasteiger partial charge in [-0.1, -0.05) is 6.07 Å². The number of rotatable bonds is 3. The van der Waals surface area contributed by atoms with Crippen molar-refractivity contribution in [3.05, 3.63) is 34.9 Å². The average Bonchev–Trinajstić information content (AvgIpc) is 2.99. The van der Waals surface area contributed by atoms with Crippen LogP contribution in [-0.4, -0.2) is 65.6 Å². The van der Waals surface area contributed by atoms with Crippen LogP contribution in [0.4, 0.5) is 0 Å². The molecule has 8 nitrogen and oxygen atoms in total. The van der Waals surface area contributed by atoms with E-state index < -0.39 is 23.8 Å². The molecule has 4 aliphatic heterocycles. The van der Waals surface area contributed by atoms with Crippen LogP contribution in [0.2, 0.25) is 0 Å². The molecule has 8 heteroatoms. The van der Waals surface area contributed by atoms with E-state index in [-0.39, 0.29) is 18.7 Å². The molecule has 5 rings (SSSR count). The van der Waals surface area contributed by atoms with Gasteiger partial charge in [-0.2, -0.15) is 0 Å². The fourth-order valence-electron chi connectivity index (χ4n) is 5.69.